The van der Waals surface area contributed by atoms with E-state index in [4.69, 9.17) is 9.53 Å². The van der Waals surface area contributed by atoms with Crippen molar-refractivity contribution in [3.63, 3.8) is 0 Å². The van der Waals surface area contributed by atoms with Crippen LogP contribution in [0, 0.1) is 0 Å². The molecule has 0 nitrogen and oxygen atoms in total. The summed E-state index contributed by atoms with van der Waals surface area (Å²) in [6, 6.07) is 0. The van der Waals surface area contributed by atoms with Gasteiger partial charge in [0.2, 0.25) is 0 Å². The molecule has 0 heterocycles. The number of hydrogen-bond acceptors (Lipinski definition) is 0. The molecule has 8 heavy (non-hydrogen) atoms. The van der Waals surface area contributed by atoms with Gasteiger partial charge in [-0.25, -0.2) is 0 Å². The Morgan fingerprint density at radius 1 is 1.38 bits per heavy atom. The van der Waals surface area contributed by atoms with Crippen LogP contribution in [0.2, 0.25) is 5.40 Å². The number of halogens is 1. The molecule has 50 valence electrons. The van der Waals surface area contributed by atoms with E-state index in [-0.39, 0.29) is 0 Å². The van der Waals surface area contributed by atoms with Crippen LogP contribution < -0.4 is 0 Å². The molecule has 0 spiro atoms. The minimum atomic E-state index is 0.422. The van der Waals surface area contributed by atoms with E-state index in [0.29, 0.717) is 17.0 Å². The van der Waals surface area contributed by atoms with Crippen LogP contribution in [-0.2, 0) is 17.0 Å². The molecule has 0 bridgehead atoms. The average Bonchev–Trinajstić information content (AvgIpc) is 2.17. The molecule has 1 rings (SSSR count). The maximum absolute atomic E-state index is 5.05. The van der Waals surface area contributed by atoms with Crippen molar-refractivity contribution in [1.29, 1.82) is 0 Å². The van der Waals surface area contributed by atoms with E-state index in [0.717, 1.165) is 6.42 Å². The zero-order valence-corrected chi connectivity index (χ0v) is 7.02. The van der Waals surface area contributed by atoms with Crippen molar-refractivity contribution in [2.45, 2.75) is 11.8 Å². The third-order valence-electron chi connectivity index (χ3n) is 0.655. The van der Waals surface area contributed by atoms with E-state index >= 15 is 0 Å². The van der Waals surface area contributed by atoms with Gasteiger partial charge >= 0.3 is 31.9 Å². The summed E-state index contributed by atoms with van der Waals surface area (Å²) in [5.41, 5.74) is 0. The summed E-state index contributed by atoms with van der Waals surface area (Å²) in [5, 5.41) is 1.94. The maximum atomic E-state index is 5.05. The second-order valence-electron chi connectivity index (χ2n) is 1.21. The third kappa shape index (κ3) is 6.43. The van der Waals surface area contributed by atoms with E-state index in [1.165, 1.54) is 0 Å². The Balaban J connectivity index is 0.000000145. The summed E-state index contributed by atoms with van der Waals surface area (Å²) < 4.78 is 0. The monoisotopic (exact) mass is 222 g/mol. The summed E-state index contributed by atoms with van der Waals surface area (Å²) in [4.78, 5) is 0. The molecule has 0 aromatic heterocycles. The van der Waals surface area contributed by atoms with Crippen molar-refractivity contribution < 1.29 is 17.0 Å². The first-order valence-corrected chi connectivity index (χ1v) is 5.81. The molecule has 0 atom stereocenters. The van der Waals surface area contributed by atoms with E-state index in [9.17, 15) is 0 Å². The van der Waals surface area contributed by atoms with Gasteiger partial charge in [-0.05, 0) is 6.42 Å². The molecule has 0 amide bonds. The van der Waals surface area contributed by atoms with E-state index < -0.39 is 0 Å². The summed E-state index contributed by atoms with van der Waals surface area (Å²) >= 11 is 0.422. The standard InChI is InChI=1S/C5H6.CH3.ClH.Pd/c1-2-4-5-3-1;;;/h1-4H,5H2;1H3;1H;/q;;;+1/p-1. The van der Waals surface area contributed by atoms with Crippen molar-refractivity contribution in [2.24, 2.45) is 0 Å². The van der Waals surface area contributed by atoms with Gasteiger partial charge in [-0.1, -0.05) is 24.3 Å². The fourth-order valence-corrected chi connectivity index (χ4v) is 0.393. The molecule has 0 saturated heterocycles. The molecule has 1 aliphatic rings. The third-order valence-corrected chi connectivity index (χ3v) is 0.655. The fraction of sp³-hybridized carbons (Fsp3) is 0.333. The first-order valence-electron chi connectivity index (χ1n) is 2.25. The SMILES string of the molecule is C1=CCC=C1.[CH3][Pd][Cl]. The predicted molar refractivity (Wildman–Crippen MR) is 34.6 cm³/mol. The van der Waals surface area contributed by atoms with Crippen molar-refractivity contribution >= 4 is 9.53 Å². The molecular formula is C6H9ClPd. The molecule has 0 fully saturated rings. The second kappa shape index (κ2) is 7.43. The van der Waals surface area contributed by atoms with Gasteiger partial charge in [0.1, 0.15) is 0 Å². The van der Waals surface area contributed by atoms with Gasteiger partial charge in [0.05, 0.1) is 0 Å². The molecular weight excluding hydrogens is 214 g/mol. The molecule has 0 aliphatic heterocycles. The molecule has 0 radical (unpaired) electrons. The van der Waals surface area contributed by atoms with Crippen LogP contribution >= 0.6 is 9.53 Å². The second-order valence-corrected chi connectivity index (χ2v) is 3.21. The quantitative estimate of drug-likeness (QED) is 0.554. The van der Waals surface area contributed by atoms with E-state index in [2.05, 4.69) is 24.3 Å². The van der Waals surface area contributed by atoms with Gasteiger partial charge in [-0.15, -0.1) is 0 Å². The average molecular weight is 223 g/mol. The fourth-order valence-electron chi connectivity index (χ4n) is 0.393. The van der Waals surface area contributed by atoms with Crippen LogP contribution in [0.1, 0.15) is 6.42 Å². The Bertz CT molecular complexity index is 76.5. The molecule has 0 N–H and O–H groups in total. The Morgan fingerprint density at radius 2 is 1.75 bits per heavy atom. The first kappa shape index (κ1) is 8.43. The van der Waals surface area contributed by atoms with Gasteiger partial charge in [-0.3, -0.25) is 0 Å². The first-order chi connectivity index (χ1) is 3.91. The summed E-state index contributed by atoms with van der Waals surface area (Å²) in [6.07, 6.45) is 9.50. The Labute approximate surface area is 62.7 Å². The zero-order chi connectivity index (χ0) is 6.24. The van der Waals surface area contributed by atoms with Crippen molar-refractivity contribution in [3.05, 3.63) is 24.3 Å². The Morgan fingerprint density at radius 3 is 1.88 bits per heavy atom. The Kier molecular flexibility index (Phi) is 7.83. The van der Waals surface area contributed by atoms with Crippen LogP contribution in [0.15, 0.2) is 24.3 Å². The zero-order valence-electron chi connectivity index (χ0n) is 4.71. The topological polar surface area (TPSA) is 0 Å². The molecule has 0 aromatic carbocycles. The van der Waals surface area contributed by atoms with Crippen LogP contribution in [0.25, 0.3) is 0 Å². The van der Waals surface area contributed by atoms with Crippen LogP contribution in [0.3, 0.4) is 0 Å². The van der Waals surface area contributed by atoms with E-state index in [1.807, 2.05) is 5.40 Å². The molecule has 0 unspecified atom stereocenters. The van der Waals surface area contributed by atoms with Gasteiger partial charge in [0.25, 0.3) is 0 Å². The Hall–Kier alpha value is 0.432. The van der Waals surface area contributed by atoms with Gasteiger partial charge in [-0.2, -0.15) is 0 Å². The number of allylic oxidation sites excluding steroid dienone is 4. The van der Waals surface area contributed by atoms with Crippen molar-refractivity contribution in [3.8, 4) is 0 Å². The van der Waals surface area contributed by atoms with Crippen LogP contribution in [0.5, 0.6) is 0 Å². The number of rotatable bonds is 0. The number of hydrogen-bond donors (Lipinski definition) is 0. The summed E-state index contributed by atoms with van der Waals surface area (Å²) in [7, 11) is 5.05. The van der Waals surface area contributed by atoms with Gasteiger partial charge < -0.3 is 0 Å². The molecule has 2 heteroatoms. The minimum absolute atomic E-state index is 0.422. The predicted octanol–water partition coefficient (Wildman–Crippen LogP) is 2.77. The summed E-state index contributed by atoms with van der Waals surface area (Å²) in [6.45, 7) is 0. The van der Waals surface area contributed by atoms with Crippen molar-refractivity contribution in [2.75, 3.05) is 0 Å². The molecule has 0 saturated carbocycles. The van der Waals surface area contributed by atoms with Gasteiger partial charge in [0, 0.05) is 0 Å². The van der Waals surface area contributed by atoms with Crippen LogP contribution in [0.4, 0.5) is 0 Å². The van der Waals surface area contributed by atoms with Crippen LogP contribution in [-0.4, -0.2) is 0 Å². The van der Waals surface area contributed by atoms with Gasteiger partial charge in [0.15, 0.2) is 0 Å². The normalized spacial score (nSPS) is 13.8. The van der Waals surface area contributed by atoms with Crippen molar-refractivity contribution in [1.82, 2.24) is 0 Å². The van der Waals surface area contributed by atoms with E-state index in [1.54, 1.807) is 0 Å². The molecule has 0 aromatic rings. The summed E-state index contributed by atoms with van der Waals surface area (Å²) in [5.74, 6) is 0. The molecule has 1 aliphatic carbocycles.